The molecule has 184 valence electrons. The monoisotopic (exact) mass is 504 g/mol. The van der Waals surface area contributed by atoms with Gasteiger partial charge in [-0.05, 0) is 62.7 Å². The van der Waals surface area contributed by atoms with Crippen LogP contribution in [-0.2, 0) is 4.79 Å². The number of halogens is 2. The van der Waals surface area contributed by atoms with E-state index in [0.29, 0.717) is 16.7 Å². The molecule has 0 unspecified atom stereocenters. The van der Waals surface area contributed by atoms with Crippen molar-refractivity contribution < 1.29 is 14.0 Å². The lowest BCUT2D eigenvalue weighted by atomic mass is 10.1. The summed E-state index contributed by atoms with van der Waals surface area (Å²) in [7, 11) is 0. The Labute approximate surface area is 214 Å². The molecule has 0 aliphatic rings. The van der Waals surface area contributed by atoms with Gasteiger partial charge < -0.3 is 4.90 Å². The average molecular weight is 505 g/mol. The van der Waals surface area contributed by atoms with Crippen molar-refractivity contribution in [3.05, 3.63) is 101 Å². The maximum atomic E-state index is 14.2. The highest BCUT2D eigenvalue weighted by Gasteiger charge is 2.25. The zero-order valence-electron chi connectivity index (χ0n) is 20.2. The summed E-state index contributed by atoms with van der Waals surface area (Å²) in [5, 5.41) is 3.45. The fourth-order valence-electron chi connectivity index (χ4n) is 3.80. The Balaban J connectivity index is 1.64. The molecule has 2 amide bonds. The summed E-state index contributed by atoms with van der Waals surface area (Å²) in [6, 6.07) is 20.5. The van der Waals surface area contributed by atoms with Crippen LogP contribution in [0.15, 0.2) is 79.0 Å². The predicted molar refractivity (Wildman–Crippen MR) is 140 cm³/mol. The van der Waals surface area contributed by atoms with Gasteiger partial charge in [0.05, 0.1) is 11.3 Å². The molecule has 3 aromatic carbocycles. The molecule has 1 heterocycles. The normalized spacial score (nSPS) is 10.9. The minimum Gasteiger partial charge on any atom is -0.327 e. The van der Waals surface area contributed by atoms with Crippen molar-refractivity contribution in [2.75, 3.05) is 11.9 Å². The maximum Gasteiger partial charge on any atom is 0.257 e. The summed E-state index contributed by atoms with van der Waals surface area (Å²) in [5.41, 5.74) is 3.27. The van der Waals surface area contributed by atoms with Crippen molar-refractivity contribution in [2.45, 2.75) is 26.8 Å². The van der Waals surface area contributed by atoms with Gasteiger partial charge in [0.1, 0.15) is 12.4 Å². The summed E-state index contributed by atoms with van der Waals surface area (Å²) in [4.78, 5) is 32.1. The van der Waals surface area contributed by atoms with Crippen molar-refractivity contribution in [3.63, 3.8) is 0 Å². The highest BCUT2D eigenvalue weighted by molar-refractivity contribution is 6.30. The Kier molecular flexibility index (Phi) is 7.50. The topological polar surface area (TPSA) is 67.2 Å². The lowest BCUT2D eigenvalue weighted by Gasteiger charge is -2.26. The Morgan fingerprint density at radius 2 is 1.78 bits per heavy atom. The molecule has 0 aliphatic carbocycles. The number of aryl methyl sites for hydroxylation is 1. The van der Waals surface area contributed by atoms with Crippen LogP contribution >= 0.6 is 11.6 Å². The Morgan fingerprint density at radius 3 is 2.44 bits per heavy atom. The molecule has 0 aliphatic heterocycles. The van der Waals surface area contributed by atoms with Gasteiger partial charge in [0.15, 0.2) is 0 Å². The van der Waals surface area contributed by atoms with Crippen molar-refractivity contribution in [1.82, 2.24) is 14.5 Å². The van der Waals surface area contributed by atoms with E-state index in [2.05, 4.69) is 10.3 Å². The first-order valence-electron chi connectivity index (χ1n) is 11.5. The molecule has 4 aromatic rings. The van der Waals surface area contributed by atoms with Gasteiger partial charge in [0, 0.05) is 28.5 Å². The van der Waals surface area contributed by atoms with Crippen molar-refractivity contribution in [1.29, 1.82) is 0 Å². The first-order chi connectivity index (χ1) is 17.2. The highest BCUT2D eigenvalue weighted by Crippen LogP contribution is 2.26. The summed E-state index contributed by atoms with van der Waals surface area (Å²) >= 11 is 6.03. The molecule has 6 nitrogen and oxygen atoms in total. The molecule has 1 aromatic heterocycles. The second kappa shape index (κ2) is 10.7. The maximum absolute atomic E-state index is 14.2. The largest absolute Gasteiger partial charge is 0.327 e. The number of rotatable bonds is 7. The number of amides is 2. The van der Waals surface area contributed by atoms with E-state index in [1.54, 1.807) is 36.6 Å². The van der Waals surface area contributed by atoms with E-state index < -0.39 is 17.6 Å². The Bertz CT molecular complexity index is 1400. The first-order valence-corrected chi connectivity index (χ1v) is 11.9. The molecule has 0 fully saturated rings. The smallest absolute Gasteiger partial charge is 0.257 e. The quantitative estimate of drug-likeness (QED) is 0.329. The van der Waals surface area contributed by atoms with Gasteiger partial charge in [-0.3, -0.25) is 19.5 Å². The third-order valence-electron chi connectivity index (χ3n) is 5.68. The van der Waals surface area contributed by atoms with Crippen LogP contribution in [-0.4, -0.2) is 38.9 Å². The molecule has 0 spiro atoms. The molecule has 0 saturated carbocycles. The zero-order valence-corrected chi connectivity index (χ0v) is 21.0. The third kappa shape index (κ3) is 5.63. The van der Waals surface area contributed by atoms with Gasteiger partial charge in [0.2, 0.25) is 11.9 Å². The van der Waals surface area contributed by atoms with Gasteiger partial charge in [-0.15, -0.1) is 0 Å². The van der Waals surface area contributed by atoms with Crippen LogP contribution in [0.2, 0.25) is 5.02 Å². The number of carbonyl (C=O) groups is 2. The van der Waals surface area contributed by atoms with Gasteiger partial charge in [0.25, 0.3) is 5.91 Å². The fraction of sp³-hybridized carbons (Fsp3) is 0.179. The SMILES string of the molecule is Cc1cccc(-n2cc(-c3ccc(Cl)cc3)nc2NC(=O)CN(C(=O)c2ccccc2F)C(C)C)c1. The second-order valence-electron chi connectivity index (χ2n) is 8.72. The van der Waals surface area contributed by atoms with Crippen LogP contribution in [0, 0.1) is 12.7 Å². The third-order valence-corrected chi connectivity index (χ3v) is 5.93. The number of aromatic nitrogens is 2. The fourth-order valence-corrected chi connectivity index (χ4v) is 3.93. The minimum absolute atomic E-state index is 0.0784. The number of benzene rings is 3. The summed E-state index contributed by atoms with van der Waals surface area (Å²) in [6.45, 7) is 5.27. The lowest BCUT2D eigenvalue weighted by molar-refractivity contribution is -0.117. The zero-order chi connectivity index (χ0) is 25.8. The van der Waals surface area contributed by atoms with Gasteiger partial charge in [-0.2, -0.15) is 0 Å². The standard InChI is InChI=1S/C28H26ClFN4O2/c1-18(2)33(27(36)23-9-4-5-10-24(23)30)17-26(35)32-28-31-25(20-11-13-21(29)14-12-20)16-34(28)22-8-6-7-19(3)15-22/h4-16,18H,17H2,1-3H3,(H,31,32,35). The molecule has 0 saturated heterocycles. The lowest BCUT2D eigenvalue weighted by Crippen LogP contribution is -2.42. The van der Waals surface area contributed by atoms with Crippen LogP contribution in [0.1, 0.15) is 29.8 Å². The van der Waals surface area contributed by atoms with Crippen molar-refractivity contribution in [2.24, 2.45) is 0 Å². The van der Waals surface area contributed by atoms with E-state index in [1.807, 2.05) is 49.5 Å². The predicted octanol–water partition coefficient (Wildman–Crippen LogP) is 6.13. The molecular weight excluding hydrogens is 479 g/mol. The van der Waals surface area contributed by atoms with Crippen LogP contribution in [0.3, 0.4) is 0 Å². The van der Waals surface area contributed by atoms with Crippen LogP contribution in [0.5, 0.6) is 0 Å². The summed E-state index contributed by atoms with van der Waals surface area (Å²) < 4.78 is 16.0. The van der Waals surface area contributed by atoms with Gasteiger partial charge in [-0.25, -0.2) is 9.37 Å². The van der Waals surface area contributed by atoms with E-state index in [9.17, 15) is 14.0 Å². The number of nitrogens with one attached hydrogen (secondary N) is 1. The minimum atomic E-state index is -0.629. The number of anilines is 1. The van der Waals surface area contributed by atoms with E-state index in [-0.39, 0.29) is 18.2 Å². The summed E-state index contributed by atoms with van der Waals surface area (Å²) in [5.74, 6) is -1.33. The molecule has 0 radical (unpaired) electrons. The van der Waals surface area contributed by atoms with Gasteiger partial charge >= 0.3 is 0 Å². The van der Waals surface area contributed by atoms with E-state index >= 15 is 0 Å². The van der Waals surface area contributed by atoms with Crippen molar-refractivity contribution in [3.8, 4) is 16.9 Å². The Hall–Kier alpha value is -3.97. The number of hydrogen-bond donors (Lipinski definition) is 1. The van der Waals surface area contributed by atoms with Gasteiger partial charge in [-0.1, -0.05) is 48.0 Å². The number of hydrogen-bond acceptors (Lipinski definition) is 3. The van der Waals surface area contributed by atoms with E-state index in [1.165, 1.54) is 23.1 Å². The van der Waals surface area contributed by atoms with Crippen LogP contribution in [0.25, 0.3) is 16.9 Å². The summed E-state index contributed by atoms with van der Waals surface area (Å²) in [6.07, 6.45) is 1.83. The average Bonchev–Trinajstić information content (AvgIpc) is 3.26. The molecule has 0 bridgehead atoms. The molecule has 8 heteroatoms. The number of imidazole rings is 1. The molecule has 1 N–H and O–H groups in total. The van der Waals surface area contributed by atoms with E-state index in [0.717, 1.165) is 16.8 Å². The highest BCUT2D eigenvalue weighted by atomic mass is 35.5. The first kappa shape index (κ1) is 25.1. The molecule has 4 rings (SSSR count). The Morgan fingerprint density at radius 1 is 1.06 bits per heavy atom. The van der Waals surface area contributed by atoms with Crippen LogP contribution < -0.4 is 5.32 Å². The van der Waals surface area contributed by atoms with Crippen molar-refractivity contribution >= 4 is 29.4 Å². The number of carbonyl (C=O) groups excluding carboxylic acids is 2. The van der Waals surface area contributed by atoms with Crippen LogP contribution in [0.4, 0.5) is 10.3 Å². The molecular formula is C28H26ClFN4O2. The van der Waals surface area contributed by atoms with E-state index in [4.69, 9.17) is 11.6 Å². The molecule has 0 atom stereocenters. The second-order valence-corrected chi connectivity index (χ2v) is 9.16. The number of nitrogens with zero attached hydrogens (tertiary/aromatic N) is 3. The molecule has 36 heavy (non-hydrogen) atoms.